The molecule has 2 rings (SSSR count). The van der Waals surface area contributed by atoms with Crippen molar-refractivity contribution in [1.29, 1.82) is 0 Å². The number of thioether (sulfide) groups is 1. The van der Waals surface area contributed by atoms with E-state index in [1.807, 2.05) is 0 Å². The second-order valence-corrected chi connectivity index (χ2v) is 4.61. The van der Waals surface area contributed by atoms with Crippen molar-refractivity contribution in [2.24, 2.45) is 7.05 Å². The van der Waals surface area contributed by atoms with E-state index in [1.165, 1.54) is 11.0 Å². The van der Waals surface area contributed by atoms with Crippen molar-refractivity contribution in [3.63, 3.8) is 0 Å². The molecule has 2 aromatic rings. The summed E-state index contributed by atoms with van der Waals surface area (Å²) in [4.78, 5) is 8.23. The Hall–Kier alpha value is -1.30. The van der Waals surface area contributed by atoms with Gasteiger partial charge in [-0.2, -0.15) is 5.10 Å². The predicted octanol–water partition coefficient (Wildman–Crippen LogP) is 1.96. The monoisotopic (exact) mass is 238 g/mol. The number of fused-ring (bicyclic) bond motifs is 1. The predicted molar refractivity (Wildman–Crippen MR) is 63.6 cm³/mol. The number of nitrogens with zero attached hydrogens (tertiary/aromatic N) is 4. The topological polar surface area (TPSA) is 63.8 Å². The van der Waals surface area contributed by atoms with E-state index < -0.39 is 0 Å². The van der Waals surface area contributed by atoms with Crippen LogP contribution in [0.5, 0.6) is 5.88 Å². The van der Waals surface area contributed by atoms with Crippen molar-refractivity contribution in [2.45, 2.75) is 24.8 Å². The van der Waals surface area contributed by atoms with Gasteiger partial charge < -0.3 is 5.11 Å². The molecule has 0 atom stereocenters. The molecule has 2 heterocycles. The van der Waals surface area contributed by atoms with E-state index in [0.29, 0.717) is 11.0 Å². The number of aromatic nitrogens is 4. The Balaban J connectivity index is 2.34. The Morgan fingerprint density at radius 1 is 1.38 bits per heavy atom. The largest absolute Gasteiger partial charge is 0.492 e. The molecule has 0 aliphatic heterocycles. The van der Waals surface area contributed by atoms with Crippen LogP contribution in [0.1, 0.15) is 19.8 Å². The van der Waals surface area contributed by atoms with Gasteiger partial charge in [0.05, 0.1) is 0 Å². The smallest absolute Gasteiger partial charge is 0.236 e. The number of hydrogen-bond acceptors (Lipinski definition) is 5. The van der Waals surface area contributed by atoms with Crippen molar-refractivity contribution >= 4 is 22.8 Å². The van der Waals surface area contributed by atoms with Crippen molar-refractivity contribution in [2.75, 3.05) is 5.75 Å². The Bertz CT molecular complexity index is 497. The number of aryl methyl sites for hydroxylation is 1. The molecule has 5 nitrogen and oxygen atoms in total. The fourth-order valence-corrected chi connectivity index (χ4v) is 2.41. The molecule has 0 saturated heterocycles. The first-order valence-corrected chi connectivity index (χ1v) is 6.22. The first-order valence-electron chi connectivity index (χ1n) is 5.23. The van der Waals surface area contributed by atoms with Crippen LogP contribution in [0.2, 0.25) is 0 Å². The van der Waals surface area contributed by atoms with Gasteiger partial charge in [-0.05, 0) is 12.2 Å². The summed E-state index contributed by atoms with van der Waals surface area (Å²) in [5.41, 5.74) is 1.21. The van der Waals surface area contributed by atoms with Crippen molar-refractivity contribution in [1.82, 2.24) is 19.7 Å². The van der Waals surface area contributed by atoms with Gasteiger partial charge in [0, 0.05) is 7.05 Å². The van der Waals surface area contributed by atoms with E-state index in [4.69, 9.17) is 0 Å². The molecule has 86 valence electrons. The molecule has 0 unspecified atom stereocenters. The number of rotatable bonds is 4. The summed E-state index contributed by atoms with van der Waals surface area (Å²) in [6, 6.07) is 0. The molecule has 0 bridgehead atoms. The van der Waals surface area contributed by atoms with E-state index >= 15 is 0 Å². The zero-order valence-electron chi connectivity index (χ0n) is 9.34. The molecular formula is C10H14N4OS. The minimum Gasteiger partial charge on any atom is -0.492 e. The van der Waals surface area contributed by atoms with Crippen LogP contribution < -0.4 is 0 Å². The lowest BCUT2D eigenvalue weighted by Crippen LogP contribution is -1.89. The third-order valence-corrected chi connectivity index (χ3v) is 3.36. The Morgan fingerprint density at radius 2 is 2.19 bits per heavy atom. The maximum Gasteiger partial charge on any atom is 0.236 e. The van der Waals surface area contributed by atoms with Crippen molar-refractivity contribution < 1.29 is 5.11 Å². The molecule has 0 radical (unpaired) electrons. The van der Waals surface area contributed by atoms with Crippen molar-refractivity contribution in [3.05, 3.63) is 6.33 Å². The average molecular weight is 238 g/mol. The average Bonchev–Trinajstić information content (AvgIpc) is 2.57. The standard InChI is InChI=1S/C10H14N4OS/c1-3-4-5-16-9-7-8(11-6-12-9)10(15)14(2)13-7/h6,15H,3-5H2,1-2H3. The third kappa shape index (κ3) is 1.97. The minimum absolute atomic E-state index is 0.0924. The molecule has 0 aliphatic rings. The first-order chi connectivity index (χ1) is 7.74. The zero-order valence-corrected chi connectivity index (χ0v) is 10.2. The summed E-state index contributed by atoms with van der Waals surface area (Å²) in [5, 5.41) is 14.7. The maximum atomic E-state index is 9.70. The second-order valence-electron chi connectivity index (χ2n) is 3.53. The van der Waals surface area contributed by atoms with Crippen LogP contribution in [0.15, 0.2) is 11.4 Å². The van der Waals surface area contributed by atoms with E-state index in [0.717, 1.165) is 23.6 Å². The molecule has 0 aromatic carbocycles. The Labute approximate surface area is 97.9 Å². The van der Waals surface area contributed by atoms with Crippen LogP contribution in [0, 0.1) is 0 Å². The molecule has 0 saturated carbocycles. The maximum absolute atomic E-state index is 9.70. The van der Waals surface area contributed by atoms with Gasteiger partial charge in [0.2, 0.25) is 5.88 Å². The summed E-state index contributed by atoms with van der Waals surface area (Å²) in [6.45, 7) is 2.16. The SMILES string of the molecule is CCCCSc1ncnc2c(O)n(C)nc12. The van der Waals surface area contributed by atoms with Crippen LogP contribution >= 0.6 is 11.8 Å². The van der Waals surface area contributed by atoms with E-state index in [9.17, 15) is 5.11 Å². The van der Waals surface area contributed by atoms with E-state index in [1.54, 1.807) is 18.8 Å². The summed E-state index contributed by atoms with van der Waals surface area (Å²) >= 11 is 1.66. The highest BCUT2D eigenvalue weighted by atomic mass is 32.2. The lowest BCUT2D eigenvalue weighted by Gasteiger charge is -1.98. The van der Waals surface area contributed by atoms with Crippen molar-refractivity contribution in [3.8, 4) is 5.88 Å². The summed E-state index contributed by atoms with van der Waals surface area (Å²) < 4.78 is 1.42. The molecule has 2 aromatic heterocycles. The number of hydrogen-bond donors (Lipinski definition) is 1. The molecular weight excluding hydrogens is 224 g/mol. The van der Waals surface area contributed by atoms with Gasteiger partial charge in [0.1, 0.15) is 16.9 Å². The highest BCUT2D eigenvalue weighted by Crippen LogP contribution is 2.28. The molecule has 0 spiro atoms. The quantitative estimate of drug-likeness (QED) is 0.501. The molecule has 0 fully saturated rings. The fourth-order valence-electron chi connectivity index (χ4n) is 1.39. The molecule has 0 amide bonds. The van der Waals surface area contributed by atoms with Crippen LogP contribution in [0.4, 0.5) is 0 Å². The molecule has 1 N–H and O–H groups in total. The van der Waals surface area contributed by atoms with E-state index in [2.05, 4.69) is 22.0 Å². The van der Waals surface area contributed by atoms with Gasteiger partial charge in [-0.15, -0.1) is 11.8 Å². The molecule has 16 heavy (non-hydrogen) atoms. The minimum atomic E-state index is 0.0924. The Morgan fingerprint density at radius 3 is 2.94 bits per heavy atom. The lowest BCUT2D eigenvalue weighted by molar-refractivity contribution is 0.423. The first kappa shape index (κ1) is 11.2. The second kappa shape index (κ2) is 4.69. The van der Waals surface area contributed by atoms with Gasteiger partial charge in [-0.1, -0.05) is 13.3 Å². The number of unbranched alkanes of at least 4 members (excludes halogenated alkanes) is 1. The van der Waals surface area contributed by atoms with Gasteiger partial charge in [0.15, 0.2) is 5.52 Å². The van der Waals surface area contributed by atoms with Crippen LogP contribution in [0.3, 0.4) is 0 Å². The molecule has 6 heteroatoms. The highest BCUT2D eigenvalue weighted by molar-refractivity contribution is 7.99. The fraction of sp³-hybridized carbons (Fsp3) is 0.500. The van der Waals surface area contributed by atoms with Gasteiger partial charge in [0.25, 0.3) is 0 Å². The summed E-state index contributed by atoms with van der Waals surface area (Å²) in [6.07, 6.45) is 3.78. The van der Waals surface area contributed by atoms with E-state index in [-0.39, 0.29) is 5.88 Å². The van der Waals surface area contributed by atoms with Crippen LogP contribution in [-0.2, 0) is 7.05 Å². The third-order valence-electron chi connectivity index (χ3n) is 2.29. The normalized spacial score (nSPS) is 11.1. The van der Waals surface area contributed by atoms with Crippen LogP contribution in [-0.4, -0.2) is 30.6 Å². The highest BCUT2D eigenvalue weighted by Gasteiger charge is 2.13. The lowest BCUT2D eigenvalue weighted by atomic mass is 10.4. The van der Waals surface area contributed by atoms with Gasteiger partial charge in [-0.25, -0.2) is 14.6 Å². The Kier molecular flexibility index (Phi) is 3.28. The zero-order chi connectivity index (χ0) is 11.5. The van der Waals surface area contributed by atoms with Gasteiger partial charge in [-0.3, -0.25) is 0 Å². The summed E-state index contributed by atoms with van der Waals surface area (Å²) in [7, 11) is 1.69. The number of aromatic hydroxyl groups is 1. The van der Waals surface area contributed by atoms with Gasteiger partial charge >= 0.3 is 0 Å². The van der Waals surface area contributed by atoms with Crippen LogP contribution in [0.25, 0.3) is 11.0 Å². The summed E-state index contributed by atoms with van der Waals surface area (Å²) in [5.74, 6) is 1.11. The molecule has 0 aliphatic carbocycles.